The van der Waals surface area contributed by atoms with Crippen LogP contribution in [-0.4, -0.2) is 50.0 Å². The number of nitrogen functional groups attached to an aromatic ring is 1. The standard InChI is InChI=1S/C15H23N5O3/c1-2-3-4-5-22-7-11-10(21)6-12(23-11)20-9-19-13-14(16)17-8-18-15(13)20/h8-12,21H,2-7H2,1H3,(H2,16,17,18)/t10?,11-,12-/m1/s1. The van der Waals surface area contributed by atoms with E-state index >= 15 is 0 Å². The summed E-state index contributed by atoms with van der Waals surface area (Å²) in [6, 6.07) is 0. The van der Waals surface area contributed by atoms with Gasteiger partial charge in [0.15, 0.2) is 11.5 Å². The number of nitrogens with two attached hydrogens (primary N) is 1. The maximum absolute atomic E-state index is 10.2. The molecule has 3 atom stereocenters. The van der Waals surface area contributed by atoms with Crippen molar-refractivity contribution in [3.05, 3.63) is 12.7 Å². The third-order valence-electron chi connectivity index (χ3n) is 4.08. The third kappa shape index (κ3) is 3.44. The number of imidazole rings is 1. The van der Waals surface area contributed by atoms with Crippen LogP contribution in [0.3, 0.4) is 0 Å². The van der Waals surface area contributed by atoms with Crippen LogP contribution in [-0.2, 0) is 9.47 Å². The SMILES string of the molecule is CCCCCOC[C@H]1O[C@@H](n2cnc3c(N)ncnc32)CC1O. The second-order valence-corrected chi connectivity index (χ2v) is 5.80. The van der Waals surface area contributed by atoms with Gasteiger partial charge in [0.2, 0.25) is 0 Å². The van der Waals surface area contributed by atoms with Crippen molar-refractivity contribution in [2.75, 3.05) is 18.9 Å². The monoisotopic (exact) mass is 321 g/mol. The fourth-order valence-electron chi connectivity index (χ4n) is 2.77. The van der Waals surface area contributed by atoms with Crippen LogP contribution >= 0.6 is 0 Å². The predicted molar refractivity (Wildman–Crippen MR) is 84.6 cm³/mol. The minimum absolute atomic E-state index is 0.325. The van der Waals surface area contributed by atoms with Crippen LogP contribution in [0.15, 0.2) is 12.7 Å². The molecule has 2 aromatic heterocycles. The van der Waals surface area contributed by atoms with Gasteiger partial charge in [0.1, 0.15) is 24.2 Å². The Labute approximate surface area is 134 Å². The van der Waals surface area contributed by atoms with Gasteiger partial charge in [-0.1, -0.05) is 19.8 Å². The van der Waals surface area contributed by atoms with Crippen molar-refractivity contribution in [2.45, 2.75) is 51.0 Å². The van der Waals surface area contributed by atoms with Crippen molar-refractivity contribution in [1.82, 2.24) is 19.5 Å². The molecule has 0 aromatic carbocycles. The Morgan fingerprint density at radius 2 is 2.26 bits per heavy atom. The number of anilines is 1. The van der Waals surface area contributed by atoms with Gasteiger partial charge in [-0.25, -0.2) is 15.0 Å². The largest absolute Gasteiger partial charge is 0.390 e. The number of aliphatic hydroxyl groups is 1. The highest BCUT2D eigenvalue weighted by atomic mass is 16.6. The van der Waals surface area contributed by atoms with E-state index in [9.17, 15) is 5.11 Å². The fraction of sp³-hybridized carbons (Fsp3) is 0.667. The molecule has 0 saturated carbocycles. The maximum Gasteiger partial charge on any atom is 0.167 e. The average Bonchev–Trinajstić information content (AvgIpc) is 3.12. The lowest BCUT2D eigenvalue weighted by Crippen LogP contribution is -2.26. The lowest BCUT2D eigenvalue weighted by atomic mass is 10.2. The van der Waals surface area contributed by atoms with Crippen LogP contribution in [0.1, 0.15) is 38.8 Å². The highest BCUT2D eigenvalue weighted by molar-refractivity contribution is 5.81. The van der Waals surface area contributed by atoms with Gasteiger partial charge in [-0.3, -0.25) is 4.57 Å². The molecule has 0 radical (unpaired) electrons. The van der Waals surface area contributed by atoms with Gasteiger partial charge >= 0.3 is 0 Å². The number of nitrogens with zero attached hydrogens (tertiary/aromatic N) is 4. The predicted octanol–water partition coefficient (Wildman–Crippen LogP) is 1.26. The number of hydrogen-bond acceptors (Lipinski definition) is 7. The second-order valence-electron chi connectivity index (χ2n) is 5.80. The molecule has 3 rings (SSSR count). The van der Waals surface area contributed by atoms with Gasteiger partial charge in [-0.05, 0) is 6.42 Å². The Hall–Kier alpha value is -1.77. The van der Waals surface area contributed by atoms with Crippen LogP contribution in [0, 0.1) is 0 Å². The minimum atomic E-state index is -0.567. The van der Waals surface area contributed by atoms with Gasteiger partial charge in [0.25, 0.3) is 0 Å². The van der Waals surface area contributed by atoms with E-state index in [0.29, 0.717) is 36.6 Å². The molecule has 0 bridgehead atoms. The van der Waals surface area contributed by atoms with Gasteiger partial charge in [0.05, 0.1) is 19.0 Å². The summed E-state index contributed by atoms with van der Waals surface area (Å²) >= 11 is 0. The maximum atomic E-state index is 10.2. The van der Waals surface area contributed by atoms with Crippen LogP contribution in [0.4, 0.5) is 5.82 Å². The summed E-state index contributed by atoms with van der Waals surface area (Å²) in [4.78, 5) is 12.4. The van der Waals surface area contributed by atoms with Crippen molar-refractivity contribution < 1.29 is 14.6 Å². The molecule has 0 amide bonds. The number of rotatable bonds is 7. The first-order valence-electron chi connectivity index (χ1n) is 8.05. The minimum Gasteiger partial charge on any atom is -0.390 e. The Balaban J connectivity index is 1.62. The molecule has 8 heteroatoms. The van der Waals surface area contributed by atoms with Crippen molar-refractivity contribution in [3.63, 3.8) is 0 Å². The van der Waals surface area contributed by atoms with E-state index in [1.54, 1.807) is 10.9 Å². The molecule has 2 aromatic rings. The molecule has 126 valence electrons. The zero-order valence-corrected chi connectivity index (χ0v) is 13.3. The van der Waals surface area contributed by atoms with Crippen molar-refractivity contribution in [1.29, 1.82) is 0 Å². The van der Waals surface area contributed by atoms with Gasteiger partial charge in [0, 0.05) is 13.0 Å². The highest BCUT2D eigenvalue weighted by Gasteiger charge is 2.35. The second kappa shape index (κ2) is 7.20. The molecule has 1 fully saturated rings. The average molecular weight is 321 g/mol. The fourth-order valence-corrected chi connectivity index (χ4v) is 2.77. The quantitative estimate of drug-likeness (QED) is 0.739. The first-order valence-corrected chi connectivity index (χ1v) is 8.05. The summed E-state index contributed by atoms with van der Waals surface area (Å²) in [6.07, 6.45) is 5.61. The highest BCUT2D eigenvalue weighted by Crippen LogP contribution is 2.31. The summed E-state index contributed by atoms with van der Waals surface area (Å²) in [7, 11) is 0. The van der Waals surface area contributed by atoms with E-state index in [1.807, 2.05) is 0 Å². The van der Waals surface area contributed by atoms with E-state index in [-0.39, 0.29) is 12.3 Å². The van der Waals surface area contributed by atoms with Gasteiger partial charge in [-0.15, -0.1) is 0 Å². The molecule has 0 spiro atoms. The summed E-state index contributed by atoms with van der Waals surface area (Å²) in [5.41, 5.74) is 6.95. The van der Waals surface area contributed by atoms with Gasteiger partial charge < -0.3 is 20.3 Å². The normalized spacial score (nSPS) is 24.5. The van der Waals surface area contributed by atoms with Crippen molar-refractivity contribution >= 4 is 17.0 Å². The first-order chi connectivity index (χ1) is 11.2. The van der Waals surface area contributed by atoms with E-state index in [1.165, 1.54) is 6.33 Å². The smallest absolute Gasteiger partial charge is 0.167 e. The Bertz CT molecular complexity index is 647. The van der Waals surface area contributed by atoms with Gasteiger partial charge in [-0.2, -0.15) is 0 Å². The zero-order valence-electron chi connectivity index (χ0n) is 13.3. The molecule has 1 saturated heterocycles. The van der Waals surface area contributed by atoms with Crippen LogP contribution < -0.4 is 5.73 Å². The molecular weight excluding hydrogens is 298 g/mol. The summed E-state index contributed by atoms with van der Waals surface area (Å²) in [5, 5.41) is 10.2. The topological polar surface area (TPSA) is 108 Å². The molecule has 3 heterocycles. The number of hydrogen-bond donors (Lipinski definition) is 2. The molecular formula is C15H23N5O3. The van der Waals surface area contributed by atoms with Crippen molar-refractivity contribution in [2.24, 2.45) is 0 Å². The molecule has 0 aliphatic carbocycles. The molecule has 1 unspecified atom stereocenters. The third-order valence-corrected chi connectivity index (χ3v) is 4.08. The van der Waals surface area contributed by atoms with Crippen LogP contribution in [0.2, 0.25) is 0 Å². The molecule has 1 aliphatic rings. The summed E-state index contributed by atoms with van der Waals surface area (Å²) in [6.45, 7) is 3.24. The van der Waals surface area contributed by atoms with Crippen LogP contribution in [0.25, 0.3) is 11.2 Å². The number of ether oxygens (including phenoxy) is 2. The van der Waals surface area contributed by atoms with Crippen LogP contribution in [0.5, 0.6) is 0 Å². The first kappa shape index (κ1) is 16.1. The van der Waals surface area contributed by atoms with E-state index in [2.05, 4.69) is 21.9 Å². The molecule has 3 N–H and O–H groups in total. The Kier molecular flexibility index (Phi) is 5.04. The number of aromatic nitrogens is 4. The Morgan fingerprint density at radius 3 is 3.09 bits per heavy atom. The summed E-state index contributed by atoms with van der Waals surface area (Å²) in [5.74, 6) is 0.336. The van der Waals surface area contributed by atoms with Crippen molar-refractivity contribution in [3.8, 4) is 0 Å². The molecule has 8 nitrogen and oxygen atoms in total. The van der Waals surface area contributed by atoms with E-state index < -0.39 is 6.10 Å². The number of fused-ring (bicyclic) bond motifs is 1. The Morgan fingerprint density at radius 1 is 1.39 bits per heavy atom. The zero-order chi connectivity index (χ0) is 16.2. The summed E-state index contributed by atoms with van der Waals surface area (Å²) < 4.78 is 13.3. The lowest BCUT2D eigenvalue weighted by molar-refractivity contribution is -0.0616. The number of unbranched alkanes of at least 4 members (excludes halogenated alkanes) is 2. The molecule has 1 aliphatic heterocycles. The lowest BCUT2D eigenvalue weighted by Gasteiger charge is -2.16. The molecule has 23 heavy (non-hydrogen) atoms. The number of aliphatic hydroxyl groups excluding tert-OH is 1. The van der Waals surface area contributed by atoms with E-state index in [0.717, 1.165) is 19.3 Å². The van der Waals surface area contributed by atoms with E-state index in [4.69, 9.17) is 15.2 Å².